The Morgan fingerprint density at radius 3 is 2.47 bits per heavy atom. The summed E-state index contributed by atoms with van der Waals surface area (Å²) in [5, 5.41) is 6.01. The highest BCUT2D eigenvalue weighted by Crippen LogP contribution is 2.32. The zero-order valence-electron chi connectivity index (χ0n) is 23.8. The van der Waals surface area contributed by atoms with Gasteiger partial charge in [-0.1, -0.05) is 19.1 Å². The van der Waals surface area contributed by atoms with Gasteiger partial charge in [0, 0.05) is 49.9 Å². The predicted molar refractivity (Wildman–Crippen MR) is 153 cm³/mol. The first-order valence-corrected chi connectivity index (χ1v) is 14.5. The summed E-state index contributed by atoms with van der Waals surface area (Å²) in [4.78, 5) is 30.1. The van der Waals surface area contributed by atoms with Gasteiger partial charge in [0.2, 0.25) is 11.9 Å². The molecule has 228 valence electrons. The van der Waals surface area contributed by atoms with E-state index in [9.17, 15) is 18.0 Å². The van der Waals surface area contributed by atoms with Gasteiger partial charge in [0.1, 0.15) is 5.75 Å². The van der Waals surface area contributed by atoms with E-state index in [-0.39, 0.29) is 17.8 Å². The van der Waals surface area contributed by atoms with Crippen LogP contribution in [0.25, 0.3) is 0 Å². The van der Waals surface area contributed by atoms with Crippen molar-refractivity contribution in [1.29, 1.82) is 0 Å². The quantitative estimate of drug-likeness (QED) is 0.439. The fourth-order valence-corrected chi connectivity index (χ4v) is 5.90. The second kappa shape index (κ2) is 12.2. The van der Waals surface area contributed by atoms with E-state index >= 15 is 0 Å². The summed E-state index contributed by atoms with van der Waals surface area (Å²) in [6.07, 6.45) is -3.48. The van der Waals surface area contributed by atoms with Gasteiger partial charge >= 0.3 is 12.2 Å². The molecule has 2 aromatic carbocycles. The molecule has 1 aromatic heterocycles. The molecule has 0 radical (unpaired) electrons. The molecule has 6 aliphatic rings. The Labute approximate surface area is 247 Å². The summed E-state index contributed by atoms with van der Waals surface area (Å²) in [7, 11) is 0. The van der Waals surface area contributed by atoms with Crippen molar-refractivity contribution in [1.82, 2.24) is 24.8 Å². The van der Waals surface area contributed by atoms with E-state index in [0.717, 1.165) is 50.5 Å². The summed E-state index contributed by atoms with van der Waals surface area (Å²) in [6.45, 7) is 5.98. The summed E-state index contributed by atoms with van der Waals surface area (Å²) in [5.41, 5.74) is 2.02. The van der Waals surface area contributed by atoms with Crippen molar-refractivity contribution in [3.63, 3.8) is 0 Å². The van der Waals surface area contributed by atoms with Gasteiger partial charge in [-0.2, -0.15) is 28.1 Å². The van der Waals surface area contributed by atoms with Crippen LogP contribution in [0.4, 0.5) is 30.8 Å². The topological polar surface area (TPSA) is 105 Å². The van der Waals surface area contributed by atoms with Crippen LogP contribution >= 0.6 is 0 Å². The van der Waals surface area contributed by atoms with Crippen LogP contribution in [0.3, 0.4) is 0 Å². The molecule has 2 N–H and O–H groups in total. The van der Waals surface area contributed by atoms with Gasteiger partial charge in [-0.25, -0.2) is 0 Å². The molecule has 10 nitrogen and oxygen atoms in total. The first-order valence-electron chi connectivity index (χ1n) is 14.5. The second-order valence-electron chi connectivity index (χ2n) is 11.6. The molecule has 3 unspecified atom stereocenters. The van der Waals surface area contributed by atoms with E-state index in [1.54, 1.807) is 24.3 Å². The van der Waals surface area contributed by atoms with Gasteiger partial charge in [-0.05, 0) is 66.8 Å². The van der Waals surface area contributed by atoms with E-state index in [2.05, 4.69) is 37.4 Å². The first kappa shape index (κ1) is 29.0. The summed E-state index contributed by atoms with van der Waals surface area (Å²) >= 11 is 0. The van der Waals surface area contributed by atoms with Crippen LogP contribution in [-0.2, 0) is 6.54 Å². The molecule has 1 amide bonds. The molecule has 6 aliphatic heterocycles. The number of nitrogens with one attached hydrogen (secondary N) is 2. The number of benzene rings is 2. The number of alkyl halides is 3. The molecule has 4 atom stereocenters. The monoisotopic (exact) mass is 597 g/mol. The highest BCUT2D eigenvalue weighted by molar-refractivity contribution is 5.94. The van der Waals surface area contributed by atoms with Crippen molar-refractivity contribution in [3.8, 4) is 11.8 Å². The second-order valence-corrected chi connectivity index (χ2v) is 11.6. The zero-order chi connectivity index (χ0) is 30.0. The fraction of sp³-hybridized carbons (Fsp3) is 0.467. The molecule has 3 aromatic rings. The summed E-state index contributed by atoms with van der Waals surface area (Å²) in [6, 6.07) is 14.0. The number of halogens is 3. The number of amides is 1. The molecule has 9 rings (SSSR count). The van der Waals surface area contributed by atoms with E-state index in [4.69, 9.17) is 9.47 Å². The fourth-order valence-electron chi connectivity index (χ4n) is 5.90. The van der Waals surface area contributed by atoms with Crippen LogP contribution in [0.15, 0.2) is 48.5 Å². The van der Waals surface area contributed by atoms with Crippen molar-refractivity contribution in [3.05, 3.63) is 59.7 Å². The van der Waals surface area contributed by atoms with Crippen molar-refractivity contribution in [2.45, 2.75) is 26.1 Å². The molecule has 43 heavy (non-hydrogen) atoms. The number of hydrogen-bond donors (Lipinski definition) is 2. The standard InChI is InChI=1S/C30H34F3N7O3/c1-19-13-39-11-10-22-15-40(16-23(22)14-39)26(41)21-4-6-24(7-5-21)35-28-36-27(37-29(38-28)43-18-30(31,32)33)34-12-20-2-8-25(9-3-20)42-17-19/h2-9,19,22-23H,10-18H2,1H3,(H2,34,35,36,37,38)/t19-,22?,23?/m0/s1. The maximum atomic E-state index is 13.4. The predicted octanol–water partition coefficient (Wildman–Crippen LogP) is 4.59. The van der Waals surface area contributed by atoms with Gasteiger partial charge in [0.05, 0.1) is 6.61 Å². The maximum Gasteiger partial charge on any atom is 0.422 e. The summed E-state index contributed by atoms with van der Waals surface area (Å²) in [5.74, 6) is 2.07. The Morgan fingerprint density at radius 1 is 0.953 bits per heavy atom. The minimum Gasteiger partial charge on any atom is -0.493 e. The third-order valence-corrected chi connectivity index (χ3v) is 8.02. The largest absolute Gasteiger partial charge is 0.493 e. The molecule has 0 aliphatic carbocycles. The van der Waals surface area contributed by atoms with Crippen molar-refractivity contribution < 1.29 is 27.4 Å². The number of piperidine rings is 1. The number of carbonyl (C=O) groups is 1. The lowest BCUT2D eigenvalue weighted by Crippen LogP contribution is -2.42. The van der Waals surface area contributed by atoms with Crippen LogP contribution in [0.1, 0.15) is 29.3 Å². The third-order valence-electron chi connectivity index (χ3n) is 8.02. The van der Waals surface area contributed by atoms with Crippen LogP contribution in [0.5, 0.6) is 11.8 Å². The Kier molecular flexibility index (Phi) is 8.24. The number of aromatic nitrogens is 3. The number of nitrogens with zero attached hydrogens (tertiary/aromatic N) is 5. The molecule has 2 fully saturated rings. The van der Waals surface area contributed by atoms with Gasteiger partial charge in [-0.15, -0.1) is 0 Å². The number of anilines is 3. The van der Waals surface area contributed by atoms with E-state index in [1.807, 2.05) is 29.2 Å². The van der Waals surface area contributed by atoms with Gasteiger partial charge in [-0.3, -0.25) is 4.79 Å². The molecule has 7 heterocycles. The smallest absolute Gasteiger partial charge is 0.422 e. The normalized spacial score (nSPS) is 24.2. The molecule has 9 bridgehead atoms. The van der Waals surface area contributed by atoms with E-state index in [1.165, 1.54) is 0 Å². The number of hydrogen-bond acceptors (Lipinski definition) is 9. The molecular weight excluding hydrogens is 563 g/mol. The SMILES string of the molecule is C[C@@H]1COc2ccc(cc2)CNc2nc(nc(OCC(F)(F)F)n2)Nc2ccc(cc2)C(=O)N2CC3CCN(CC3C2)C1. The van der Waals surface area contributed by atoms with Crippen molar-refractivity contribution in [2.24, 2.45) is 17.8 Å². The Bertz CT molecular complexity index is 1420. The van der Waals surface area contributed by atoms with Crippen LogP contribution in [-0.4, -0.2) is 82.8 Å². The number of rotatable bonds is 2. The van der Waals surface area contributed by atoms with Crippen molar-refractivity contribution in [2.75, 3.05) is 56.6 Å². The molecule has 0 spiro atoms. The van der Waals surface area contributed by atoms with Crippen LogP contribution < -0.4 is 20.1 Å². The molecule has 13 heteroatoms. The van der Waals surface area contributed by atoms with E-state index < -0.39 is 18.8 Å². The lowest BCUT2D eigenvalue weighted by molar-refractivity contribution is -0.154. The third kappa shape index (κ3) is 7.45. The van der Waals surface area contributed by atoms with E-state index in [0.29, 0.717) is 42.2 Å². The first-order chi connectivity index (χ1) is 20.7. The zero-order valence-corrected chi connectivity index (χ0v) is 23.8. The average Bonchev–Trinajstić information content (AvgIpc) is 3.41. The minimum absolute atomic E-state index is 0.00533. The van der Waals surface area contributed by atoms with Gasteiger partial charge < -0.3 is 29.9 Å². The Balaban J connectivity index is 1.25. The summed E-state index contributed by atoms with van der Waals surface area (Å²) < 4.78 is 49.3. The highest BCUT2D eigenvalue weighted by Gasteiger charge is 2.39. The average molecular weight is 598 g/mol. The van der Waals surface area contributed by atoms with Crippen LogP contribution in [0.2, 0.25) is 0 Å². The van der Waals surface area contributed by atoms with Crippen molar-refractivity contribution >= 4 is 23.5 Å². The molecule has 2 saturated heterocycles. The van der Waals surface area contributed by atoms with Crippen LogP contribution in [0, 0.1) is 17.8 Å². The number of carbonyl (C=O) groups excluding carboxylic acids is 1. The lowest BCUT2D eigenvalue weighted by Gasteiger charge is -2.35. The Hall–Kier alpha value is -4.13. The molecular formula is C30H34F3N7O3. The highest BCUT2D eigenvalue weighted by atomic mass is 19.4. The molecule has 0 saturated carbocycles. The maximum absolute atomic E-state index is 13.4. The Morgan fingerprint density at radius 2 is 1.70 bits per heavy atom. The number of ether oxygens (including phenoxy) is 2. The van der Waals surface area contributed by atoms with Gasteiger partial charge in [0.25, 0.3) is 5.91 Å². The minimum atomic E-state index is -4.55. The van der Waals surface area contributed by atoms with Gasteiger partial charge in [0.15, 0.2) is 6.61 Å². The lowest BCUT2D eigenvalue weighted by atomic mass is 9.88.